The fraction of sp³-hybridized carbons (Fsp3) is 0.391. The molecule has 2 aromatic heterocycles. The molecular formula is C23H32IN5O2. The third-order valence-corrected chi connectivity index (χ3v) is 4.49. The second-order valence-corrected chi connectivity index (χ2v) is 7.35. The van der Waals surface area contributed by atoms with Gasteiger partial charge in [-0.05, 0) is 50.6 Å². The highest BCUT2D eigenvalue weighted by atomic mass is 127. The molecule has 0 aliphatic rings. The average Bonchev–Trinajstić information content (AvgIpc) is 3.14. The van der Waals surface area contributed by atoms with Gasteiger partial charge in [0.2, 0.25) is 0 Å². The number of rotatable bonds is 9. The van der Waals surface area contributed by atoms with Gasteiger partial charge in [0.25, 0.3) is 0 Å². The second-order valence-electron chi connectivity index (χ2n) is 7.35. The van der Waals surface area contributed by atoms with Crippen LogP contribution >= 0.6 is 24.0 Å². The molecule has 0 fully saturated rings. The van der Waals surface area contributed by atoms with Crippen LogP contribution in [0, 0.1) is 0 Å². The molecular weight excluding hydrogens is 505 g/mol. The number of guanidine groups is 1. The number of halogens is 1. The van der Waals surface area contributed by atoms with Crippen LogP contribution in [-0.2, 0) is 6.42 Å². The number of ether oxygens (including phenoxy) is 1. The van der Waals surface area contributed by atoms with Gasteiger partial charge in [0.05, 0.1) is 24.4 Å². The molecule has 0 spiro atoms. The van der Waals surface area contributed by atoms with E-state index in [1.54, 1.807) is 0 Å². The van der Waals surface area contributed by atoms with Crippen molar-refractivity contribution in [2.75, 3.05) is 19.6 Å². The summed E-state index contributed by atoms with van der Waals surface area (Å²) in [5.41, 5.74) is 2.78. The molecule has 0 radical (unpaired) electrons. The van der Waals surface area contributed by atoms with Gasteiger partial charge in [0, 0.05) is 31.9 Å². The molecule has 1 unspecified atom stereocenters. The average molecular weight is 537 g/mol. The van der Waals surface area contributed by atoms with Crippen LogP contribution in [0.2, 0.25) is 0 Å². The molecule has 31 heavy (non-hydrogen) atoms. The largest absolute Gasteiger partial charge is 0.491 e. The van der Waals surface area contributed by atoms with Crippen molar-refractivity contribution in [1.29, 1.82) is 0 Å². The maximum Gasteiger partial charge on any atom is 0.191 e. The standard InChI is InChI=1S/C23H31N5O2.HI/c1-4-24-23(25-13-12-19-16-28-14-6-5-7-22(28)27-19)26-15-21(29)18-8-10-20(11-9-18)30-17(2)3;/h5-11,14,16-17,21,29H,4,12-13,15H2,1-3H3,(H2,24,25,26);1H. The van der Waals surface area contributed by atoms with Gasteiger partial charge in [0.1, 0.15) is 11.4 Å². The van der Waals surface area contributed by atoms with Crippen molar-refractivity contribution >= 4 is 35.6 Å². The molecule has 0 bridgehead atoms. The molecule has 3 N–H and O–H groups in total. The second kappa shape index (κ2) is 12.5. The minimum Gasteiger partial charge on any atom is -0.491 e. The number of fused-ring (bicyclic) bond motifs is 1. The number of aliphatic hydroxyl groups excluding tert-OH is 1. The van der Waals surface area contributed by atoms with E-state index >= 15 is 0 Å². The molecule has 3 rings (SSSR count). The molecule has 8 heteroatoms. The number of hydrogen-bond acceptors (Lipinski definition) is 4. The summed E-state index contributed by atoms with van der Waals surface area (Å²) >= 11 is 0. The minimum atomic E-state index is -0.674. The highest BCUT2D eigenvalue weighted by Crippen LogP contribution is 2.19. The monoisotopic (exact) mass is 537 g/mol. The summed E-state index contributed by atoms with van der Waals surface area (Å²) in [6, 6.07) is 13.5. The number of benzene rings is 1. The van der Waals surface area contributed by atoms with Crippen molar-refractivity contribution in [2.24, 2.45) is 4.99 Å². The first kappa shape index (κ1) is 24.9. The lowest BCUT2D eigenvalue weighted by molar-refractivity contribution is 0.186. The Morgan fingerprint density at radius 3 is 2.61 bits per heavy atom. The van der Waals surface area contributed by atoms with Gasteiger partial charge in [-0.2, -0.15) is 0 Å². The summed E-state index contributed by atoms with van der Waals surface area (Å²) in [5, 5.41) is 17.0. The third-order valence-electron chi connectivity index (χ3n) is 4.49. The Bertz CT molecular complexity index is 923. The first-order chi connectivity index (χ1) is 14.5. The summed E-state index contributed by atoms with van der Waals surface area (Å²) < 4.78 is 7.66. The van der Waals surface area contributed by atoms with Gasteiger partial charge in [-0.25, -0.2) is 4.98 Å². The lowest BCUT2D eigenvalue weighted by atomic mass is 10.1. The van der Waals surface area contributed by atoms with Crippen molar-refractivity contribution in [2.45, 2.75) is 39.4 Å². The molecule has 2 heterocycles. The Kier molecular flexibility index (Phi) is 10.1. The van der Waals surface area contributed by atoms with E-state index in [4.69, 9.17) is 4.74 Å². The van der Waals surface area contributed by atoms with Gasteiger partial charge < -0.3 is 24.9 Å². The summed E-state index contributed by atoms with van der Waals surface area (Å²) in [6.07, 6.45) is 4.27. The quantitative estimate of drug-likeness (QED) is 0.221. The molecule has 0 amide bonds. The van der Waals surface area contributed by atoms with E-state index in [9.17, 15) is 5.11 Å². The smallest absolute Gasteiger partial charge is 0.191 e. The predicted octanol–water partition coefficient (Wildman–Crippen LogP) is 3.57. The Hall–Kier alpha value is -2.33. The molecule has 0 saturated carbocycles. The molecule has 0 aliphatic heterocycles. The fourth-order valence-electron chi connectivity index (χ4n) is 3.08. The molecule has 0 saturated heterocycles. The Labute approximate surface area is 201 Å². The van der Waals surface area contributed by atoms with E-state index in [1.807, 2.05) is 80.0 Å². The molecule has 1 atom stereocenters. The lowest BCUT2D eigenvalue weighted by Crippen LogP contribution is -2.38. The van der Waals surface area contributed by atoms with Crippen molar-refractivity contribution in [3.63, 3.8) is 0 Å². The Balaban J connectivity index is 0.00000341. The van der Waals surface area contributed by atoms with Gasteiger partial charge >= 0.3 is 0 Å². The molecule has 3 aromatic rings. The zero-order valence-electron chi connectivity index (χ0n) is 18.3. The van der Waals surface area contributed by atoms with Crippen molar-refractivity contribution in [3.05, 3.63) is 66.1 Å². The fourth-order valence-corrected chi connectivity index (χ4v) is 3.08. The molecule has 1 aromatic carbocycles. The van der Waals surface area contributed by atoms with Crippen LogP contribution in [0.25, 0.3) is 5.65 Å². The van der Waals surface area contributed by atoms with E-state index in [-0.39, 0.29) is 36.6 Å². The van der Waals surface area contributed by atoms with E-state index in [2.05, 4.69) is 20.6 Å². The zero-order chi connectivity index (χ0) is 21.3. The summed E-state index contributed by atoms with van der Waals surface area (Å²) in [7, 11) is 0. The number of pyridine rings is 1. The van der Waals surface area contributed by atoms with Crippen molar-refractivity contribution in [3.8, 4) is 5.75 Å². The van der Waals surface area contributed by atoms with Crippen molar-refractivity contribution in [1.82, 2.24) is 20.0 Å². The van der Waals surface area contributed by atoms with Crippen LogP contribution in [0.1, 0.15) is 38.1 Å². The van der Waals surface area contributed by atoms with E-state index in [0.717, 1.165) is 35.6 Å². The first-order valence-electron chi connectivity index (χ1n) is 10.4. The zero-order valence-corrected chi connectivity index (χ0v) is 20.6. The van der Waals surface area contributed by atoms with Gasteiger partial charge in [-0.1, -0.05) is 18.2 Å². The number of nitrogens with one attached hydrogen (secondary N) is 2. The van der Waals surface area contributed by atoms with Gasteiger partial charge in [-0.15, -0.1) is 24.0 Å². The summed E-state index contributed by atoms with van der Waals surface area (Å²) in [4.78, 5) is 9.13. The molecule has 168 valence electrons. The number of hydrogen-bond donors (Lipinski definition) is 3. The maximum atomic E-state index is 10.5. The van der Waals surface area contributed by atoms with Crippen LogP contribution < -0.4 is 15.4 Å². The van der Waals surface area contributed by atoms with Crippen LogP contribution in [-0.4, -0.2) is 46.2 Å². The molecule has 0 aliphatic carbocycles. The predicted molar refractivity (Wildman–Crippen MR) is 135 cm³/mol. The highest BCUT2D eigenvalue weighted by Gasteiger charge is 2.09. The van der Waals surface area contributed by atoms with Crippen LogP contribution in [0.4, 0.5) is 0 Å². The number of aliphatic hydroxyl groups is 1. The van der Waals surface area contributed by atoms with Gasteiger partial charge in [-0.3, -0.25) is 4.99 Å². The SMILES string of the molecule is CCNC(=NCC(O)c1ccc(OC(C)C)cc1)NCCc1cn2ccccc2n1.I. The molecule has 7 nitrogen and oxygen atoms in total. The number of aromatic nitrogens is 2. The maximum absolute atomic E-state index is 10.5. The highest BCUT2D eigenvalue weighted by molar-refractivity contribution is 14.0. The van der Waals surface area contributed by atoms with E-state index < -0.39 is 6.10 Å². The van der Waals surface area contributed by atoms with E-state index in [1.165, 1.54) is 0 Å². The van der Waals surface area contributed by atoms with Crippen LogP contribution in [0.5, 0.6) is 5.75 Å². The van der Waals surface area contributed by atoms with Crippen molar-refractivity contribution < 1.29 is 9.84 Å². The first-order valence-corrected chi connectivity index (χ1v) is 10.4. The summed E-state index contributed by atoms with van der Waals surface area (Å²) in [6.45, 7) is 7.71. The lowest BCUT2D eigenvalue weighted by Gasteiger charge is -2.14. The van der Waals surface area contributed by atoms with Crippen LogP contribution in [0.3, 0.4) is 0 Å². The van der Waals surface area contributed by atoms with E-state index in [0.29, 0.717) is 12.5 Å². The number of nitrogens with zero attached hydrogens (tertiary/aromatic N) is 3. The minimum absolute atomic E-state index is 0. The van der Waals surface area contributed by atoms with Gasteiger partial charge in [0.15, 0.2) is 5.96 Å². The number of aliphatic imine (C=N–C) groups is 1. The Morgan fingerprint density at radius 2 is 1.94 bits per heavy atom. The normalized spacial score (nSPS) is 12.5. The topological polar surface area (TPSA) is 83.2 Å². The third kappa shape index (κ3) is 7.70. The Morgan fingerprint density at radius 1 is 1.16 bits per heavy atom. The van der Waals surface area contributed by atoms with Crippen LogP contribution in [0.15, 0.2) is 59.9 Å². The summed E-state index contributed by atoms with van der Waals surface area (Å²) in [5.74, 6) is 1.48. The number of imidazole rings is 1.